The maximum Gasteiger partial charge on any atom is 0.303 e. The number of carboxylic acids is 1. The fourth-order valence-electron chi connectivity index (χ4n) is 2.14. The Bertz CT molecular complexity index is 631. The summed E-state index contributed by atoms with van der Waals surface area (Å²) in [7, 11) is 0. The molecule has 2 rings (SSSR count). The summed E-state index contributed by atoms with van der Waals surface area (Å²) in [5, 5.41) is 10.2. The van der Waals surface area contributed by atoms with Crippen LogP contribution < -0.4 is 5.56 Å². The van der Waals surface area contributed by atoms with Crippen molar-refractivity contribution in [1.29, 1.82) is 0 Å². The number of fused-ring (bicyclic) bond motifs is 1. The molecule has 0 aliphatic rings. The molecular weight excluding hydrogens is 242 g/mol. The number of pyridine rings is 1. The topological polar surface area (TPSA) is 59.3 Å². The van der Waals surface area contributed by atoms with Crippen LogP contribution in [0.4, 0.5) is 0 Å². The van der Waals surface area contributed by atoms with E-state index in [1.807, 2.05) is 36.5 Å². The van der Waals surface area contributed by atoms with E-state index >= 15 is 0 Å². The molecule has 0 bridgehead atoms. The Morgan fingerprint density at radius 1 is 1.11 bits per heavy atom. The van der Waals surface area contributed by atoms with Crippen molar-refractivity contribution in [1.82, 2.24) is 4.57 Å². The maximum absolute atomic E-state index is 12.2. The molecule has 0 amide bonds. The summed E-state index contributed by atoms with van der Waals surface area (Å²) in [6, 6.07) is 9.47. The number of aryl methyl sites for hydroxylation is 1. The van der Waals surface area contributed by atoms with E-state index in [-0.39, 0.29) is 12.0 Å². The number of unbranched alkanes of at least 4 members (excludes halogenated alkanes) is 2. The van der Waals surface area contributed by atoms with E-state index in [1.54, 1.807) is 4.57 Å². The molecule has 0 spiro atoms. The molecule has 1 aromatic heterocycles. The van der Waals surface area contributed by atoms with Crippen LogP contribution in [0.3, 0.4) is 0 Å². The molecule has 1 N–H and O–H groups in total. The zero-order chi connectivity index (χ0) is 13.7. The van der Waals surface area contributed by atoms with Crippen LogP contribution in [0.5, 0.6) is 0 Å². The minimum Gasteiger partial charge on any atom is -0.481 e. The quantitative estimate of drug-likeness (QED) is 0.811. The number of rotatable bonds is 6. The first-order valence-electron chi connectivity index (χ1n) is 6.48. The van der Waals surface area contributed by atoms with E-state index in [9.17, 15) is 9.59 Å². The molecule has 4 heteroatoms. The van der Waals surface area contributed by atoms with Gasteiger partial charge in [0.2, 0.25) is 0 Å². The molecule has 0 radical (unpaired) electrons. The Kier molecular flexibility index (Phi) is 4.34. The summed E-state index contributed by atoms with van der Waals surface area (Å²) >= 11 is 0. The van der Waals surface area contributed by atoms with Crippen molar-refractivity contribution in [2.24, 2.45) is 0 Å². The predicted molar refractivity (Wildman–Crippen MR) is 74.3 cm³/mol. The minimum absolute atomic E-state index is 0.0244. The van der Waals surface area contributed by atoms with E-state index in [1.165, 1.54) is 0 Å². The van der Waals surface area contributed by atoms with E-state index in [0.29, 0.717) is 13.0 Å². The number of carboxylic acid groups (broad SMARTS) is 1. The van der Waals surface area contributed by atoms with Crippen LogP contribution in [0.25, 0.3) is 10.8 Å². The third-order valence-corrected chi connectivity index (χ3v) is 3.18. The molecule has 0 fully saturated rings. The van der Waals surface area contributed by atoms with Crippen molar-refractivity contribution in [3.63, 3.8) is 0 Å². The standard InChI is InChI=1S/C15H17NO3/c17-14(18)8-2-1-5-10-16-11-9-12-6-3-4-7-13(12)15(16)19/h3-4,6-7,9,11H,1-2,5,8,10H2,(H,17,18). The van der Waals surface area contributed by atoms with E-state index < -0.39 is 5.97 Å². The van der Waals surface area contributed by atoms with Crippen LogP contribution in [-0.4, -0.2) is 15.6 Å². The molecule has 1 heterocycles. The second-order valence-corrected chi connectivity index (χ2v) is 4.61. The summed E-state index contributed by atoms with van der Waals surface area (Å²) in [6.07, 6.45) is 4.32. The fraction of sp³-hybridized carbons (Fsp3) is 0.333. The summed E-state index contributed by atoms with van der Waals surface area (Å²) in [5.41, 5.74) is 0.0244. The van der Waals surface area contributed by atoms with Gasteiger partial charge in [-0.1, -0.05) is 24.6 Å². The van der Waals surface area contributed by atoms with Gasteiger partial charge in [0, 0.05) is 24.5 Å². The largest absolute Gasteiger partial charge is 0.481 e. The number of aromatic nitrogens is 1. The first-order chi connectivity index (χ1) is 9.18. The lowest BCUT2D eigenvalue weighted by atomic mass is 10.1. The van der Waals surface area contributed by atoms with Crippen LogP contribution in [-0.2, 0) is 11.3 Å². The zero-order valence-electron chi connectivity index (χ0n) is 10.7. The molecule has 0 aliphatic carbocycles. The highest BCUT2D eigenvalue weighted by Crippen LogP contribution is 2.09. The molecule has 0 unspecified atom stereocenters. The lowest BCUT2D eigenvalue weighted by molar-refractivity contribution is -0.137. The third-order valence-electron chi connectivity index (χ3n) is 3.18. The summed E-state index contributed by atoms with van der Waals surface area (Å²) in [5.74, 6) is -0.761. The molecule has 0 atom stereocenters. The van der Waals surface area contributed by atoms with Crippen molar-refractivity contribution in [3.05, 3.63) is 46.9 Å². The number of benzene rings is 1. The number of hydrogen-bond acceptors (Lipinski definition) is 2. The first-order valence-corrected chi connectivity index (χ1v) is 6.48. The molecule has 0 saturated carbocycles. The van der Waals surface area contributed by atoms with Gasteiger partial charge >= 0.3 is 5.97 Å². The van der Waals surface area contributed by atoms with Crippen LogP contribution in [0.15, 0.2) is 41.3 Å². The van der Waals surface area contributed by atoms with Gasteiger partial charge in [-0.2, -0.15) is 0 Å². The number of carbonyl (C=O) groups is 1. The zero-order valence-corrected chi connectivity index (χ0v) is 10.7. The summed E-state index contributed by atoms with van der Waals surface area (Å²) in [6.45, 7) is 0.642. The Morgan fingerprint density at radius 2 is 1.89 bits per heavy atom. The van der Waals surface area contributed by atoms with Crippen molar-refractivity contribution < 1.29 is 9.90 Å². The van der Waals surface area contributed by atoms with Crippen LogP contribution in [0.2, 0.25) is 0 Å². The number of hydrogen-bond donors (Lipinski definition) is 1. The molecule has 4 nitrogen and oxygen atoms in total. The SMILES string of the molecule is O=C(O)CCCCCn1ccc2ccccc2c1=O. The average Bonchev–Trinajstić information content (AvgIpc) is 2.41. The molecule has 0 aliphatic heterocycles. The van der Waals surface area contributed by atoms with Gasteiger partial charge in [-0.05, 0) is 30.4 Å². The molecule has 100 valence electrons. The summed E-state index contributed by atoms with van der Waals surface area (Å²) in [4.78, 5) is 22.5. The maximum atomic E-state index is 12.2. The van der Waals surface area contributed by atoms with Crippen LogP contribution in [0, 0.1) is 0 Å². The van der Waals surface area contributed by atoms with Crippen molar-refractivity contribution in [2.75, 3.05) is 0 Å². The van der Waals surface area contributed by atoms with Crippen molar-refractivity contribution >= 4 is 16.7 Å². The van der Waals surface area contributed by atoms with Gasteiger partial charge in [0.05, 0.1) is 0 Å². The summed E-state index contributed by atoms with van der Waals surface area (Å²) < 4.78 is 1.70. The van der Waals surface area contributed by atoms with Gasteiger partial charge in [0.1, 0.15) is 0 Å². The molecule has 19 heavy (non-hydrogen) atoms. The van der Waals surface area contributed by atoms with E-state index in [2.05, 4.69) is 0 Å². The molecule has 2 aromatic rings. The van der Waals surface area contributed by atoms with Crippen molar-refractivity contribution in [3.8, 4) is 0 Å². The van der Waals surface area contributed by atoms with Crippen molar-refractivity contribution in [2.45, 2.75) is 32.2 Å². The van der Waals surface area contributed by atoms with Crippen LogP contribution >= 0.6 is 0 Å². The highest BCUT2D eigenvalue weighted by atomic mass is 16.4. The van der Waals surface area contributed by atoms with Gasteiger partial charge in [-0.25, -0.2) is 0 Å². The van der Waals surface area contributed by atoms with Gasteiger partial charge in [-0.3, -0.25) is 9.59 Å². The normalized spacial score (nSPS) is 10.7. The lowest BCUT2D eigenvalue weighted by Crippen LogP contribution is -2.19. The van der Waals surface area contributed by atoms with Gasteiger partial charge in [-0.15, -0.1) is 0 Å². The Morgan fingerprint density at radius 3 is 2.68 bits per heavy atom. The smallest absolute Gasteiger partial charge is 0.303 e. The third kappa shape index (κ3) is 3.44. The number of aliphatic carboxylic acids is 1. The monoisotopic (exact) mass is 259 g/mol. The second-order valence-electron chi connectivity index (χ2n) is 4.61. The van der Waals surface area contributed by atoms with Gasteiger partial charge < -0.3 is 9.67 Å². The Labute approximate surface area is 111 Å². The second kappa shape index (κ2) is 6.18. The lowest BCUT2D eigenvalue weighted by Gasteiger charge is -2.06. The van der Waals surface area contributed by atoms with E-state index in [4.69, 9.17) is 5.11 Å². The number of nitrogens with zero attached hydrogens (tertiary/aromatic N) is 1. The van der Waals surface area contributed by atoms with Gasteiger partial charge in [0.15, 0.2) is 0 Å². The predicted octanol–water partition coefficient (Wildman–Crippen LogP) is 2.65. The minimum atomic E-state index is -0.761. The van der Waals surface area contributed by atoms with Crippen LogP contribution in [0.1, 0.15) is 25.7 Å². The average molecular weight is 259 g/mol. The van der Waals surface area contributed by atoms with E-state index in [0.717, 1.165) is 23.6 Å². The van der Waals surface area contributed by atoms with Gasteiger partial charge in [0.25, 0.3) is 5.56 Å². The highest BCUT2D eigenvalue weighted by molar-refractivity contribution is 5.81. The molecule has 0 saturated heterocycles. The molecule has 1 aromatic carbocycles. The Balaban J connectivity index is 1.99. The highest BCUT2D eigenvalue weighted by Gasteiger charge is 2.02. The Hall–Kier alpha value is -2.10. The first kappa shape index (κ1) is 13.3. The molecular formula is C15H17NO3. The fourth-order valence-corrected chi connectivity index (χ4v) is 2.14.